The minimum absolute atomic E-state index is 0.357. The first-order valence-corrected chi connectivity index (χ1v) is 7.84. The highest BCUT2D eigenvalue weighted by atomic mass is 16.7. The Morgan fingerprint density at radius 1 is 1.20 bits per heavy atom. The van der Waals surface area contributed by atoms with Crippen LogP contribution in [0.3, 0.4) is 0 Å². The normalized spacial score (nSPS) is 19.9. The zero-order chi connectivity index (χ0) is 13.9. The number of aryl methyl sites for hydroxylation is 1. The molecule has 1 aromatic rings. The first-order valence-electron chi connectivity index (χ1n) is 7.84. The van der Waals surface area contributed by atoms with Gasteiger partial charge >= 0.3 is 0 Å². The average molecular weight is 275 g/mol. The predicted octanol–water partition coefficient (Wildman–Crippen LogP) is 3.37. The highest BCUT2D eigenvalue weighted by Gasteiger charge is 2.27. The highest BCUT2D eigenvalue weighted by Crippen LogP contribution is 2.36. The van der Waals surface area contributed by atoms with Crippen molar-refractivity contribution in [3.05, 3.63) is 23.8 Å². The van der Waals surface area contributed by atoms with Crippen LogP contribution in [0.25, 0.3) is 0 Å². The van der Waals surface area contributed by atoms with Gasteiger partial charge < -0.3 is 14.8 Å². The number of benzene rings is 1. The van der Waals surface area contributed by atoms with Crippen molar-refractivity contribution in [1.82, 2.24) is 5.32 Å². The van der Waals surface area contributed by atoms with Crippen LogP contribution in [0.4, 0.5) is 0 Å². The molecule has 3 nitrogen and oxygen atoms in total. The first kappa shape index (κ1) is 13.7. The Kier molecular flexibility index (Phi) is 4.16. The van der Waals surface area contributed by atoms with Gasteiger partial charge in [0.2, 0.25) is 6.79 Å². The summed E-state index contributed by atoms with van der Waals surface area (Å²) in [6.07, 6.45) is 5.13. The largest absolute Gasteiger partial charge is 0.454 e. The molecular weight excluding hydrogens is 250 g/mol. The molecular formula is C17H25NO2. The van der Waals surface area contributed by atoms with E-state index in [1.54, 1.807) is 0 Å². The third-order valence-electron chi connectivity index (χ3n) is 4.52. The molecule has 0 spiro atoms. The lowest BCUT2D eigenvalue weighted by molar-refractivity contribution is 0.174. The van der Waals surface area contributed by atoms with Crippen LogP contribution in [-0.4, -0.2) is 19.4 Å². The van der Waals surface area contributed by atoms with Gasteiger partial charge in [0.25, 0.3) is 0 Å². The first-order chi connectivity index (χ1) is 9.72. The van der Waals surface area contributed by atoms with Gasteiger partial charge in [-0.15, -0.1) is 0 Å². The van der Waals surface area contributed by atoms with Crippen molar-refractivity contribution in [2.24, 2.45) is 11.8 Å². The quantitative estimate of drug-likeness (QED) is 0.827. The van der Waals surface area contributed by atoms with E-state index in [-0.39, 0.29) is 0 Å². The topological polar surface area (TPSA) is 30.5 Å². The Hall–Kier alpha value is -1.22. The van der Waals surface area contributed by atoms with Crippen molar-refractivity contribution < 1.29 is 9.47 Å². The summed E-state index contributed by atoms with van der Waals surface area (Å²) < 4.78 is 10.8. The van der Waals surface area contributed by atoms with Gasteiger partial charge in [-0.1, -0.05) is 13.0 Å². The zero-order valence-corrected chi connectivity index (χ0v) is 12.5. The molecule has 0 saturated heterocycles. The number of nitrogens with one attached hydrogen (secondary N) is 1. The van der Waals surface area contributed by atoms with E-state index < -0.39 is 0 Å². The highest BCUT2D eigenvalue weighted by molar-refractivity contribution is 5.44. The zero-order valence-electron chi connectivity index (χ0n) is 12.5. The molecule has 2 aliphatic rings. The minimum atomic E-state index is 0.357. The van der Waals surface area contributed by atoms with Crippen molar-refractivity contribution in [3.8, 4) is 11.5 Å². The van der Waals surface area contributed by atoms with E-state index in [4.69, 9.17) is 9.47 Å². The van der Waals surface area contributed by atoms with E-state index in [1.807, 2.05) is 6.07 Å². The van der Waals surface area contributed by atoms with Gasteiger partial charge in [-0.25, -0.2) is 0 Å². The third kappa shape index (κ3) is 3.45. The van der Waals surface area contributed by atoms with E-state index in [0.717, 1.165) is 42.7 Å². The molecule has 110 valence electrons. The maximum atomic E-state index is 5.42. The summed E-state index contributed by atoms with van der Waals surface area (Å²) in [5.41, 5.74) is 1.33. The predicted molar refractivity (Wildman–Crippen MR) is 80.2 cm³/mol. The van der Waals surface area contributed by atoms with Crippen molar-refractivity contribution in [3.63, 3.8) is 0 Å². The van der Waals surface area contributed by atoms with E-state index in [2.05, 4.69) is 31.3 Å². The Morgan fingerprint density at radius 3 is 2.80 bits per heavy atom. The third-order valence-corrected chi connectivity index (χ3v) is 4.52. The van der Waals surface area contributed by atoms with Gasteiger partial charge in [-0.3, -0.25) is 0 Å². The minimum Gasteiger partial charge on any atom is -0.454 e. The molecule has 2 atom stereocenters. The maximum Gasteiger partial charge on any atom is 0.231 e. The van der Waals surface area contributed by atoms with Crippen LogP contribution in [0.5, 0.6) is 11.5 Å². The average Bonchev–Trinajstić information content (AvgIpc) is 3.20. The number of rotatable bonds is 7. The van der Waals surface area contributed by atoms with Gasteiger partial charge in [-0.2, -0.15) is 0 Å². The van der Waals surface area contributed by atoms with Crippen LogP contribution in [0.15, 0.2) is 18.2 Å². The van der Waals surface area contributed by atoms with Crippen molar-refractivity contribution in [2.75, 3.05) is 13.3 Å². The Morgan fingerprint density at radius 2 is 2.00 bits per heavy atom. The molecule has 1 aliphatic heterocycles. The molecule has 0 aromatic heterocycles. The second-order valence-corrected chi connectivity index (χ2v) is 6.35. The van der Waals surface area contributed by atoms with E-state index in [9.17, 15) is 0 Å². The number of hydrogen-bond acceptors (Lipinski definition) is 3. The van der Waals surface area contributed by atoms with E-state index in [1.165, 1.54) is 18.4 Å². The number of fused-ring (bicyclic) bond motifs is 1. The van der Waals surface area contributed by atoms with Gasteiger partial charge in [0.05, 0.1) is 0 Å². The Bertz CT molecular complexity index is 456. The van der Waals surface area contributed by atoms with Gasteiger partial charge in [0, 0.05) is 6.04 Å². The van der Waals surface area contributed by atoms with Gasteiger partial charge in [-0.05, 0) is 68.7 Å². The SMILES string of the molecule is CC(CCc1ccc2c(c1)OCO2)NCC(C)C1CC1. The van der Waals surface area contributed by atoms with Crippen LogP contribution in [0.2, 0.25) is 0 Å². The van der Waals surface area contributed by atoms with Crippen LogP contribution in [-0.2, 0) is 6.42 Å². The maximum absolute atomic E-state index is 5.42. The molecule has 20 heavy (non-hydrogen) atoms. The van der Waals surface area contributed by atoms with Crippen molar-refractivity contribution >= 4 is 0 Å². The number of hydrogen-bond donors (Lipinski definition) is 1. The van der Waals surface area contributed by atoms with E-state index in [0.29, 0.717) is 12.8 Å². The number of ether oxygens (including phenoxy) is 2. The van der Waals surface area contributed by atoms with Crippen LogP contribution in [0, 0.1) is 11.8 Å². The standard InChI is InChI=1S/C17H25NO2/c1-12(15-6-7-15)10-18-13(2)3-4-14-5-8-16-17(9-14)20-11-19-16/h5,8-9,12-13,15,18H,3-4,6-7,10-11H2,1-2H3. The lowest BCUT2D eigenvalue weighted by atomic mass is 10.0. The molecule has 0 amide bonds. The fourth-order valence-electron chi connectivity index (χ4n) is 2.80. The summed E-state index contributed by atoms with van der Waals surface area (Å²) in [4.78, 5) is 0. The molecule has 0 radical (unpaired) electrons. The molecule has 1 saturated carbocycles. The molecule has 1 heterocycles. The van der Waals surface area contributed by atoms with Crippen LogP contribution < -0.4 is 14.8 Å². The molecule has 1 aromatic carbocycles. The molecule has 2 unspecified atom stereocenters. The summed E-state index contributed by atoms with van der Waals surface area (Å²) in [6, 6.07) is 6.85. The summed E-state index contributed by atoms with van der Waals surface area (Å²) in [5, 5.41) is 3.67. The second-order valence-electron chi connectivity index (χ2n) is 6.35. The summed E-state index contributed by atoms with van der Waals surface area (Å²) in [6.45, 7) is 6.17. The molecule has 1 aliphatic carbocycles. The van der Waals surface area contributed by atoms with E-state index >= 15 is 0 Å². The monoisotopic (exact) mass is 275 g/mol. The molecule has 3 heteroatoms. The van der Waals surface area contributed by atoms with Gasteiger partial charge in [0.15, 0.2) is 11.5 Å². The Balaban J connectivity index is 1.41. The smallest absolute Gasteiger partial charge is 0.231 e. The summed E-state index contributed by atoms with van der Waals surface area (Å²) in [5.74, 6) is 3.59. The molecule has 0 bridgehead atoms. The fourth-order valence-corrected chi connectivity index (χ4v) is 2.80. The Labute approximate surface area is 121 Å². The molecule has 3 rings (SSSR count). The second kappa shape index (κ2) is 6.04. The van der Waals surface area contributed by atoms with Crippen LogP contribution in [0.1, 0.15) is 38.7 Å². The lowest BCUT2D eigenvalue weighted by Crippen LogP contribution is -2.31. The molecule has 1 N–H and O–H groups in total. The van der Waals surface area contributed by atoms with Gasteiger partial charge in [0.1, 0.15) is 0 Å². The van der Waals surface area contributed by atoms with Crippen molar-refractivity contribution in [2.45, 2.75) is 45.6 Å². The lowest BCUT2D eigenvalue weighted by Gasteiger charge is -2.17. The summed E-state index contributed by atoms with van der Waals surface area (Å²) in [7, 11) is 0. The van der Waals surface area contributed by atoms with Crippen LogP contribution >= 0.6 is 0 Å². The fraction of sp³-hybridized carbons (Fsp3) is 0.647. The summed E-state index contributed by atoms with van der Waals surface area (Å²) >= 11 is 0. The molecule has 1 fully saturated rings. The van der Waals surface area contributed by atoms with Crippen molar-refractivity contribution in [1.29, 1.82) is 0 Å².